The van der Waals surface area contributed by atoms with Gasteiger partial charge in [-0.15, -0.1) is 0 Å². The summed E-state index contributed by atoms with van der Waals surface area (Å²) in [7, 11) is 1.56. The van der Waals surface area contributed by atoms with E-state index in [4.69, 9.17) is 9.47 Å². The van der Waals surface area contributed by atoms with Gasteiger partial charge in [-0.1, -0.05) is 18.2 Å². The molecule has 2 rings (SSSR count). The van der Waals surface area contributed by atoms with Crippen molar-refractivity contribution in [3.63, 3.8) is 0 Å². The Morgan fingerprint density at radius 1 is 1.22 bits per heavy atom. The van der Waals surface area contributed by atoms with Gasteiger partial charge in [0.15, 0.2) is 11.5 Å². The van der Waals surface area contributed by atoms with E-state index < -0.39 is 11.7 Å². The topological polar surface area (TPSA) is 47.6 Å². The van der Waals surface area contributed by atoms with Gasteiger partial charge in [0, 0.05) is 6.08 Å². The van der Waals surface area contributed by atoms with Crippen molar-refractivity contribution in [2.45, 2.75) is 6.92 Å². The van der Waals surface area contributed by atoms with E-state index in [1.165, 1.54) is 18.2 Å². The Bertz CT molecular complexity index is 713. The number of nitrogens with one attached hydrogen (secondary N) is 1. The predicted molar refractivity (Wildman–Crippen MR) is 88.2 cm³/mol. The second kappa shape index (κ2) is 7.98. The van der Waals surface area contributed by atoms with E-state index in [0.29, 0.717) is 18.1 Å². The number of para-hydroxylation sites is 1. The van der Waals surface area contributed by atoms with E-state index in [0.717, 1.165) is 5.56 Å². The van der Waals surface area contributed by atoms with E-state index in [1.54, 1.807) is 43.5 Å². The summed E-state index contributed by atoms with van der Waals surface area (Å²) in [6.07, 6.45) is 2.96. The van der Waals surface area contributed by atoms with Crippen molar-refractivity contribution in [2.75, 3.05) is 19.0 Å². The molecule has 0 heterocycles. The average molecular weight is 315 g/mol. The van der Waals surface area contributed by atoms with Gasteiger partial charge in [-0.3, -0.25) is 4.79 Å². The molecule has 0 aliphatic carbocycles. The summed E-state index contributed by atoms with van der Waals surface area (Å²) >= 11 is 0. The molecule has 2 aromatic rings. The SMILES string of the molecule is CCOc1cc(/C=C/C(=O)Nc2ccccc2F)ccc1OC. The largest absolute Gasteiger partial charge is 0.493 e. The lowest BCUT2D eigenvalue weighted by atomic mass is 10.2. The highest BCUT2D eigenvalue weighted by molar-refractivity contribution is 6.02. The minimum absolute atomic E-state index is 0.145. The van der Waals surface area contributed by atoms with E-state index >= 15 is 0 Å². The molecule has 0 fully saturated rings. The highest BCUT2D eigenvalue weighted by Crippen LogP contribution is 2.28. The first-order valence-corrected chi connectivity index (χ1v) is 7.18. The minimum atomic E-state index is -0.475. The fourth-order valence-electron chi connectivity index (χ4n) is 1.97. The standard InChI is InChI=1S/C18H18FNO3/c1-3-23-17-12-13(8-10-16(17)22-2)9-11-18(21)20-15-7-5-4-6-14(15)19/h4-12H,3H2,1-2H3,(H,20,21)/b11-9+. The van der Waals surface area contributed by atoms with E-state index in [-0.39, 0.29) is 5.69 Å². The van der Waals surface area contributed by atoms with Crippen LogP contribution < -0.4 is 14.8 Å². The summed E-state index contributed by atoms with van der Waals surface area (Å²) in [5.41, 5.74) is 0.921. The summed E-state index contributed by atoms with van der Waals surface area (Å²) < 4.78 is 24.1. The van der Waals surface area contributed by atoms with Crippen molar-refractivity contribution in [2.24, 2.45) is 0 Å². The Morgan fingerprint density at radius 2 is 2.00 bits per heavy atom. The van der Waals surface area contributed by atoms with Crippen LogP contribution in [-0.2, 0) is 4.79 Å². The van der Waals surface area contributed by atoms with Crippen LogP contribution >= 0.6 is 0 Å². The number of benzene rings is 2. The molecule has 1 amide bonds. The van der Waals surface area contributed by atoms with Crippen molar-refractivity contribution in [3.8, 4) is 11.5 Å². The van der Waals surface area contributed by atoms with E-state index in [9.17, 15) is 9.18 Å². The maximum atomic E-state index is 13.5. The number of hydrogen-bond acceptors (Lipinski definition) is 3. The molecule has 0 atom stereocenters. The van der Waals surface area contributed by atoms with Gasteiger partial charge >= 0.3 is 0 Å². The number of amides is 1. The van der Waals surface area contributed by atoms with Crippen molar-refractivity contribution < 1.29 is 18.7 Å². The molecule has 2 aromatic carbocycles. The number of carbonyl (C=O) groups is 1. The number of anilines is 1. The number of halogens is 1. The third-order valence-corrected chi connectivity index (χ3v) is 3.05. The van der Waals surface area contributed by atoms with Crippen LogP contribution in [0.3, 0.4) is 0 Å². The Morgan fingerprint density at radius 3 is 2.70 bits per heavy atom. The quantitative estimate of drug-likeness (QED) is 0.823. The lowest BCUT2D eigenvalue weighted by Crippen LogP contribution is -2.09. The van der Waals surface area contributed by atoms with Crippen molar-refractivity contribution in [1.82, 2.24) is 0 Å². The zero-order valence-electron chi connectivity index (χ0n) is 13.0. The zero-order chi connectivity index (χ0) is 16.7. The lowest BCUT2D eigenvalue weighted by Gasteiger charge is -2.09. The monoisotopic (exact) mass is 315 g/mol. The molecular formula is C18H18FNO3. The van der Waals surface area contributed by atoms with Crippen LogP contribution in [0.2, 0.25) is 0 Å². The Balaban J connectivity index is 2.09. The molecule has 0 aromatic heterocycles. The summed E-state index contributed by atoms with van der Waals surface area (Å²) in [5, 5.41) is 2.49. The number of ether oxygens (including phenoxy) is 2. The number of rotatable bonds is 6. The van der Waals surface area contributed by atoms with Gasteiger partial charge < -0.3 is 14.8 Å². The smallest absolute Gasteiger partial charge is 0.248 e. The third-order valence-electron chi connectivity index (χ3n) is 3.05. The third kappa shape index (κ3) is 4.57. The molecule has 1 N–H and O–H groups in total. The molecule has 0 spiro atoms. The Hall–Kier alpha value is -2.82. The van der Waals surface area contributed by atoms with Crippen LogP contribution in [0.15, 0.2) is 48.5 Å². The first kappa shape index (κ1) is 16.5. The van der Waals surface area contributed by atoms with Crippen molar-refractivity contribution in [1.29, 1.82) is 0 Å². The van der Waals surface area contributed by atoms with Gasteiger partial charge in [-0.05, 0) is 42.8 Å². The lowest BCUT2D eigenvalue weighted by molar-refractivity contribution is -0.111. The fraction of sp³-hybridized carbons (Fsp3) is 0.167. The molecule has 4 nitrogen and oxygen atoms in total. The van der Waals surface area contributed by atoms with Gasteiger partial charge in [-0.25, -0.2) is 4.39 Å². The van der Waals surface area contributed by atoms with Crippen LogP contribution in [0, 0.1) is 5.82 Å². The van der Waals surface area contributed by atoms with Crippen LogP contribution in [0.4, 0.5) is 10.1 Å². The molecule has 0 radical (unpaired) electrons. The van der Waals surface area contributed by atoms with Gasteiger partial charge in [0.05, 0.1) is 19.4 Å². The number of methoxy groups -OCH3 is 1. The first-order chi connectivity index (χ1) is 11.1. The molecule has 0 saturated carbocycles. The molecule has 0 aliphatic rings. The fourth-order valence-corrected chi connectivity index (χ4v) is 1.97. The van der Waals surface area contributed by atoms with Gasteiger partial charge in [0.2, 0.25) is 5.91 Å². The predicted octanol–water partition coefficient (Wildman–Crippen LogP) is 3.88. The van der Waals surface area contributed by atoms with Crippen LogP contribution in [0.5, 0.6) is 11.5 Å². The second-order valence-corrected chi connectivity index (χ2v) is 4.65. The maximum Gasteiger partial charge on any atom is 0.248 e. The second-order valence-electron chi connectivity index (χ2n) is 4.65. The molecule has 120 valence electrons. The van der Waals surface area contributed by atoms with E-state index in [1.807, 2.05) is 6.92 Å². The summed E-state index contributed by atoms with van der Waals surface area (Å²) in [4.78, 5) is 11.9. The van der Waals surface area contributed by atoms with Crippen molar-refractivity contribution >= 4 is 17.7 Å². The summed E-state index contributed by atoms with van der Waals surface area (Å²) in [6, 6.07) is 11.3. The molecule has 0 aliphatic heterocycles. The number of carbonyl (C=O) groups excluding carboxylic acids is 1. The van der Waals surface area contributed by atoms with E-state index in [2.05, 4.69) is 5.32 Å². The Labute approximate surface area is 134 Å². The Kier molecular flexibility index (Phi) is 5.74. The highest BCUT2D eigenvalue weighted by atomic mass is 19.1. The minimum Gasteiger partial charge on any atom is -0.493 e. The summed E-state index contributed by atoms with van der Waals surface area (Å²) in [6.45, 7) is 2.39. The van der Waals surface area contributed by atoms with Gasteiger partial charge in [0.25, 0.3) is 0 Å². The van der Waals surface area contributed by atoms with Gasteiger partial charge in [-0.2, -0.15) is 0 Å². The number of hydrogen-bond donors (Lipinski definition) is 1. The molecule has 0 bridgehead atoms. The molecule has 5 heteroatoms. The highest BCUT2D eigenvalue weighted by Gasteiger charge is 2.05. The van der Waals surface area contributed by atoms with Crippen LogP contribution in [0.1, 0.15) is 12.5 Å². The first-order valence-electron chi connectivity index (χ1n) is 7.18. The molecule has 0 saturated heterocycles. The molecular weight excluding hydrogens is 297 g/mol. The summed E-state index contributed by atoms with van der Waals surface area (Å²) in [5.74, 6) is 0.340. The zero-order valence-corrected chi connectivity index (χ0v) is 13.0. The van der Waals surface area contributed by atoms with Crippen molar-refractivity contribution in [3.05, 3.63) is 59.9 Å². The van der Waals surface area contributed by atoms with Crippen LogP contribution in [-0.4, -0.2) is 19.6 Å². The molecule has 0 unspecified atom stereocenters. The maximum absolute atomic E-state index is 13.5. The average Bonchev–Trinajstić information content (AvgIpc) is 2.55. The van der Waals surface area contributed by atoms with Crippen LogP contribution in [0.25, 0.3) is 6.08 Å². The molecule has 23 heavy (non-hydrogen) atoms. The normalized spacial score (nSPS) is 10.6. The van der Waals surface area contributed by atoms with Gasteiger partial charge in [0.1, 0.15) is 5.82 Å².